The van der Waals surface area contributed by atoms with Gasteiger partial charge in [-0.05, 0) is 61.1 Å². The van der Waals surface area contributed by atoms with Crippen molar-refractivity contribution in [3.8, 4) is 5.75 Å². The standard InChI is InChI=1S/C19H23NO3/c1-2-23-19(22)20-10-4-3-5-17(20)12-14-6-7-16-13-18(21)9-8-15(16)11-14/h6-9,11,13,17,21H,2-5,10,12H2,1H3. The molecule has 23 heavy (non-hydrogen) atoms. The molecule has 1 unspecified atom stereocenters. The highest BCUT2D eigenvalue weighted by Gasteiger charge is 2.27. The van der Waals surface area contributed by atoms with Crippen LogP contribution >= 0.6 is 0 Å². The normalized spacial score (nSPS) is 18.1. The second kappa shape index (κ2) is 6.90. The van der Waals surface area contributed by atoms with Gasteiger partial charge < -0.3 is 14.7 Å². The Morgan fingerprint density at radius 3 is 2.83 bits per heavy atom. The maximum absolute atomic E-state index is 12.1. The van der Waals surface area contributed by atoms with Crippen molar-refractivity contribution >= 4 is 16.9 Å². The summed E-state index contributed by atoms with van der Waals surface area (Å²) in [4.78, 5) is 14.0. The second-order valence-corrected chi connectivity index (χ2v) is 6.11. The minimum absolute atomic E-state index is 0.192. The Kier molecular flexibility index (Phi) is 4.70. The van der Waals surface area contributed by atoms with Gasteiger partial charge in [0.1, 0.15) is 5.75 Å². The summed E-state index contributed by atoms with van der Waals surface area (Å²) >= 11 is 0. The van der Waals surface area contributed by atoms with Crippen LogP contribution in [0.4, 0.5) is 4.79 Å². The summed E-state index contributed by atoms with van der Waals surface area (Å²) < 4.78 is 5.19. The van der Waals surface area contributed by atoms with Crippen LogP contribution in [-0.4, -0.2) is 35.3 Å². The first kappa shape index (κ1) is 15.7. The molecule has 1 heterocycles. The summed E-state index contributed by atoms with van der Waals surface area (Å²) in [6.07, 6.45) is 3.87. The molecule has 1 atom stereocenters. The van der Waals surface area contributed by atoms with Crippen molar-refractivity contribution in [3.63, 3.8) is 0 Å². The van der Waals surface area contributed by atoms with E-state index < -0.39 is 0 Å². The SMILES string of the molecule is CCOC(=O)N1CCCCC1Cc1ccc2cc(O)ccc2c1. The van der Waals surface area contributed by atoms with Gasteiger partial charge in [0.15, 0.2) is 0 Å². The van der Waals surface area contributed by atoms with Crippen LogP contribution in [0.15, 0.2) is 36.4 Å². The van der Waals surface area contributed by atoms with E-state index in [4.69, 9.17) is 4.74 Å². The molecule has 0 bridgehead atoms. The molecular weight excluding hydrogens is 290 g/mol. The molecule has 1 aliphatic rings. The summed E-state index contributed by atoms with van der Waals surface area (Å²) in [7, 11) is 0. The zero-order valence-electron chi connectivity index (χ0n) is 13.5. The topological polar surface area (TPSA) is 49.8 Å². The van der Waals surface area contributed by atoms with Gasteiger partial charge in [0.2, 0.25) is 0 Å². The Hall–Kier alpha value is -2.23. The lowest BCUT2D eigenvalue weighted by atomic mass is 9.95. The summed E-state index contributed by atoms with van der Waals surface area (Å²) in [6, 6.07) is 11.9. The number of piperidine rings is 1. The third kappa shape index (κ3) is 3.58. The molecule has 1 saturated heterocycles. The van der Waals surface area contributed by atoms with Gasteiger partial charge in [0, 0.05) is 12.6 Å². The van der Waals surface area contributed by atoms with E-state index in [1.54, 1.807) is 12.1 Å². The number of ether oxygens (including phenoxy) is 1. The third-order valence-corrected chi connectivity index (χ3v) is 4.49. The minimum Gasteiger partial charge on any atom is -0.508 e. The number of phenols is 1. The van der Waals surface area contributed by atoms with Crippen LogP contribution in [0, 0.1) is 0 Å². The Morgan fingerprint density at radius 2 is 2.00 bits per heavy atom. The second-order valence-electron chi connectivity index (χ2n) is 6.11. The van der Waals surface area contributed by atoms with E-state index in [0.29, 0.717) is 6.61 Å². The number of nitrogens with zero attached hydrogens (tertiary/aromatic N) is 1. The van der Waals surface area contributed by atoms with Crippen molar-refractivity contribution in [2.75, 3.05) is 13.2 Å². The van der Waals surface area contributed by atoms with Gasteiger partial charge in [-0.1, -0.05) is 24.3 Å². The van der Waals surface area contributed by atoms with Crippen LogP contribution < -0.4 is 0 Å². The molecule has 1 aliphatic heterocycles. The first-order valence-electron chi connectivity index (χ1n) is 8.32. The molecule has 2 aromatic rings. The molecule has 4 nitrogen and oxygen atoms in total. The number of fused-ring (bicyclic) bond motifs is 1. The molecule has 0 aliphatic carbocycles. The van der Waals surface area contributed by atoms with Gasteiger partial charge in [-0.15, -0.1) is 0 Å². The first-order valence-corrected chi connectivity index (χ1v) is 8.32. The fourth-order valence-corrected chi connectivity index (χ4v) is 3.34. The zero-order chi connectivity index (χ0) is 16.2. The van der Waals surface area contributed by atoms with Gasteiger partial charge in [-0.3, -0.25) is 0 Å². The summed E-state index contributed by atoms with van der Waals surface area (Å²) in [6.45, 7) is 3.04. The van der Waals surface area contributed by atoms with E-state index in [1.165, 1.54) is 5.56 Å². The van der Waals surface area contributed by atoms with Gasteiger partial charge in [0.25, 0.3) is 0 Å². The van der Waals surface area contributed by atoms with E-state index >= 15 is 0 Å². The molecule has 1 N–H and O–H groups in total. The quantitative estimate of drug-likeness (QED) is 0.928. The molecule has 0 aromatic heterocycles. The molecule has 2 aromatic carbocycles. The van der Waals surface area contributed by atoms with Crippen LogP contribution in [0.3, 0.4) is 0 Å². The fraction of sp³-hybridized carbons (Fsp3) is 0.421. The van der Waals surface area contributed by atoms with Crippen molar-refractivity contribution in [2.24, 2.45) is 0 Å². The Morgan fingerprint density at radius 1 is 1.22 bits per heavy atom. The van der Waals surface area contributed by atoms with Crippen molar-refractivity contribution in [2.45, 2.75) is 38.6 Å². The van der Waals surface area contributed by atoms with E-state index in [2.05, 4.69) is 12.1 Å². The lowest BCUT2D eigenvalue weighted by Crippen LogP contribution is -2.45. The van der Waals surface area contributed by atoms with Crippen LogP contribution in [0.5, 0.6) is 5.75 Å². The number of hydrogen-bond donors (Lipinski definition) is 1. The summed E-state index contributed by atoms with van der Waals surface area (Å²) in [5, 5.41) is 11.7. The highest BCUT2D eigenvalue weighted by atomic mass is 16.6. The Labute approximate surface area is 136 Å². The summed E-state index contributed by atoms with van der Waals surface area (Å²) in [5.74, 6) is 0.283. The van der Waals surface area contributed by atoms with Crippen molar-refractivity contribution < 1.29 is 14.6 Å². The van der Waals surface area contributed by atoms with Crippen LogP contribution in [0.25, 0.3) is 10.8 Å². The number of hydrogen-bond acceptors (Lipinski definition) is 3. The number of phenolic OH excluding ortho intramolecular Hbond substituents is 1. The van der Waals surface area contributed by atoms with Crippen molar-refractivity contribution in [1.29, 1.82) is 0 Å². The largest absolute Gasteiger partial charge is 0.508 e. The molecule has 0 radical (unpaired) electrons. The maximum atomic E-state index is 12.1. The van der Waals surface area contributed by atoms with Gasteiger partial charge in [0.05, 0.1) is 6.61 Å². The van der Waals surface area contributed by atoms with Crippen LogP contribution in [-0.2, 0) is 11.2 Å². The molecule has 1 amide bonds. The van der Waals surface area contributed by atoms with Gasteiger partial charge in [-0.2, -0.15) is 0 Å². The smallest absolute Gasteiger partial charge is 0.410 e. The third-order valence-electron chi connectivity index (χ3n) is 4.49. The van der Waals surface area contributed by atoms with E-state index in [9.17, 15) is 9.90 Å². The number of benzene rings is 2. The van der Waals surface area contributed by atoms with Gasteiger partial charge >= 0.3 is 6.09 Å². The predicted molar refractivity (Wildman–Crippen MR) is 90.7 cm³/mol. The lowest BCUT2D eigenvalue weighted by Gasteiger charge is -2.35. The molecule has 0 saturated carbocycles. The number of carbonyl (C=O) groups is 1. The molecule has 3 rings (SSSR count). The number of aromatic hydroxyl groups is 1. The maximum Gasteiger partial charge on any atom is 0.410 e. The number of carbonyl (C=O) groups excluding carboxylic acids is 1. The molecule has 1 fully saturated rings. The highest BCUT2D eigenvalue weighted by Crippen LogP contribution is 2.25. The highest BCUT2D eigenvalue weighted by molar-refractivity contribution is 5.84. The molecular formula is C19H23NO3. The number of amides is 1. The average Bonchev–Trinajstić information content (AvgIpc) is 2.56. The molecule has 0 spiro atoms. The fourth-order valence-electron chi connectivity index (χ4n) is 3.34. The van der Waals surface area contributed by atoms with Crippen molar-refractivity contribution in [1.82, 2.24) is 4.90 Å². The first-order chi connectivity index (χ1) is 11.2. The van der Waals surface area contributed by atoms with Crippen LogP contribution in [0.2, 0.25) is 0 Å². The Balaban J connectivity index is 1.78. The zero-order valence-corrected chi connectivity index (χ0v) is 13.5. The average molecular weight is 313 g/mol. The van der Waals surface area contributed by atoms with E-state index in [-0.39, 0.29) is 17.9 Å². The molecule has 122 valence electrons. The Bertz CT molecular complexity index is 698. The van der Waals surface area contributed by atoms with Crippen LogP contribution in [0.1, 0.15) is 31.7 Å². The number of rotatable bonds is 3. The summed E-state index contributed by atoms with van der Waals surface area (Å²) in [5.41, 5.74) is 1.21. The van der Waals surface area contributed by atoms with Crippen molar-refractivity contribution in [3.05, 3.63) is 42.0 Å². The molecule has 4 heteroatoms. The van der Waals surface area contributed by atoms with E-state index in [1.807, 2.05) is 24.0 Å². The minimum atomic E-state index is -0.192. The monoisotopic (exact) mass is 313 g/mol. The van der Waals surface area contributed by atoms with E-state index in [0.717, 1.165) is 43.0 Å². The number of likely N-dealkylation sites (tertiary alicyclic amines) is 1. The lowest BCUT2D eigenvalue weighted by molar-refractivity contribution is 0.0768. The van der Waals surface area contributed by atoms with Gasteiger partial charge in [-0.25, -0.2) is 4.79 Å². The predicted octanol–water partition coefficient (Wildman–Crippen LogP) is 4.10.